The standard InChI is InChI=1S/C27H25N3O4S2/c1-29(2)20-10-12-21(13-11-20)30-26(32)24(36-27(30)35)15-18-6-4-9-23(14-18)34-17-25(31)28-19-7-5-8-22(16-19)33-3/h4-16H,17H2,1-3H3,(H,28,31)/b24-15-. The van der Waals surface area contributed by atoms with Crippen molar-refractivity contribution in [1.29, 1.82) is 0 Å². The van der Waals surface area contributed by atoms with Gasteiger partial charge in [-0.05, 0) is 60.2 Å². The van der Waals surface area contributed by atoms with E-state index in [2.05, 4.69) is 5.32 Å². The summed E-state index contributed by atoms with van der Waals surface area (Å²) in [7, 11) is 5.49. The van der Waals surface area contributed by atoms with Crippen molar-refractivity contribution in [2.45, 2.75) is 0 Å². The van der Waals surface area contributed by atoms with Gasteiger partial charge in [0.2, 0.25) is 0 Å². The van der Waals surface area contributed by atoms with Crippen molar-refractivity contribution < 1.29 is 19.1 Å². The predicted molar refractivity (Wildman–Crippen MR) is 150 cm³/mol. The summed E-state index contributed by atoms with van der Waals surface area (Å²) >= 11 is 6.74. The van der Waals surface area contributed by atoms with Crippen molar-refractivity contribution in [1.82, 2.24) is 0 Å². The molecule has 7 nitrogen and oxygen atoms in total. The molecular formula is C27H25N3O4S2. The zero-order valence-electron chi connectivity index (χ0n) is 20.1. The number of nitrogens with zero attached hydrogens (tertiary/aromatic N) is 2. The maximum absolute atomic E-state index is 13.1. The zero-order chi connectivity index (χ0) is 25.7. The maximum Gasteiger partial charge on any atom is 0.270 e. The average molecular weight is 520 g/mol. The maximum atomic E-state index is 13.1. The van der Waals surface area contributed by atoms with Crippen molar-refractivity contribution in [3.8, 4) is 11.5 Å². The zero-order valence-corrected chi connectivity index (χ0v) is 21.7. The molecular weight excluding hydrogens is 494 g/mol. The molecule has 1 aliphatic rings. The Morgan fingerprint density at radius 3 is 2.50 bits per heavy atom. The minimum atomic E-state index is -0.296. The lowest BCUT2D eigenvalue weighted by atomic mass is 10.2. The molecule has 3 aromatic carbocycles. The number of anilines is 3. The molecule has 36 heavy (non-hydrogen) atoms. The van der Waals surface area contributed by atoms with Crippen LogP contribution in [0.3, 0.4) is 0 Å². The molecule has 2 amide bonds. The van der Waals surface area contributed by atoms with Gasteiger partial charge in [0.1, 0.15) is 11.5 Å². The Hall–Kier alpha value is -3.82. The monoisotopic (exact) mass is 519 g/mol. The van der Waals surface area contributed by atoms with Crippen LogP contribution in [0.15, 0.2) is 77.7 Å². The Bertz CT molecular complexity index is 1320. The molecule has 0 unspecified atom stereocenters. The molecule has 1 N–H and O–H groups in total. The fourth-order valence-electron chi connectivity index (χ4n) is 3.48. The van der Waals surface area contributed by atoms with Crippen LogP contribution in [0.2, 0.25) is 0 Å². The normalized spacial score (nSPS) is 14.2. The summed E-state index contributed by atoms with van der Waals surface area (Å²) in [5, 5.41) is 2.77. The van der Waals surface area contributed by atoms with Gasteiger partial charge in [-0.25, -0.2) is 0 Å². The molecule has 1 aliphatic heterocycles. The van der Waals surface area contributed by atoms with Crippen LogP contribution < -0.4 is 24.6 Å². The molecule has 184 valence electrons. The van der Waals surface area contributed by atoms with Crippen LogP contribution in [0.4, 0.5) is 17.1 Å². The molecule has 9 heteroatoms. The van der Waals surface area contributed by atoms with Crippen molar-refractivity contribution >= 4 is 63.3 Å². The first kappa shape index (κ1) is 25.3. The summed E-state index contributed by atoms with van der Waals surface area (Å²) in [6.07, 6.45) is 1.77. The second-order valence-corrected chi connectivity index (χ2v) is 9.75. The van der Waals surface area contributed by atoms with E-state index in [4.69, 9.17) is 21.7 Å². The molecule has 0 spiro atoms. The first-order valence-corrected chi connectivity index (χ1v) is 12.3. The van der Waals surface area contributed by atoms with Gasteiger partial charge >= 0.3 is 0 Å². The van der Waals surface area contributed by atoms with Crippen molar-refractivity contribution in [3.63, 3.8) is 0 Å². The van der Waals surface area contributed by atoms with Gasteiger partial charge < -0.3 is 19.7 Å². The largest absolute Gasteiger partial charge is 0.497 e. The number of amides is 2. The van der Waals surface area contributed by atoms with Gasteiger partial charge in [0, 0.05) is 31.5 Å². The Labute approximate surface area is 219 Å². The molecule has 1 saturated heterocycles. The van der Waals surface area contributed by atoms with Gasteiger partial charge in [0.25, 0.3) is 11.8 Å². The number of thioether (sulfide) groups is 1. The summed E-state index contributed by atoms with van der Waals surface area (Å²) in [6, 6.07) is 22.0. The number of thiocarbonyl (C=S) groups is 1. The number of rotatable bonds is 8. The molecule has 0 aromatic heterocycles. The average Bonchev–Trinajstić information content (AvgIpc) is 3.15. The fourth-order valence-corrected chi connectivity index (χ4v) is 4.78. The molecule has 0 radical (unpaired) electrons. The van der Waals surface area contributed by atoms with Crippen LogP contribution in [0.5, 0.6) is 11.5 Å². The van der Waals surface area contributed by atoms with Crippen LogP contribution in [0, 0.1) is 0 Å². The molecule has 0 aliphatic carbocycles. The number of hydrogen-bond acceptors (Lipinski definition) is 7. The SMILES string of the molecule is COc1cccc(NC(=O)COc2cccc(/C=C3\SC(=S)N(c4ccc(N(C)C)cc4)C3=O)c2)c1. The number of benzene rings is 3. The molecule has 3 aromatic rings. The molecule has 0 saturated carbocycles. The summed E-state index contributed by atoms with van der Waals surface area (Å²) < 4.78 is 11.3. The van der Waals surface area contributed by atoms with E-state index in [1.54, 1.807) is 49.6 Å². The highest BCUT2D eigenvalue weighted by Crippen LogP contribution is 2.36. The topological polar surface area (TPSA) is 71.1 Å². The highest BCUT2D eigenvalue weighted by atomic mass is 32.2. The lowest BCUT2D eigenvalue weighted by Gasteiger charge is -2.17. The minimum Gasteiger partial charge on any atom is -0.497 e. The Morgan fingerprint density at radius 1 is 1.06 bits per heavy atom. The van der Waals surface area contributed by atoms with Crippen molar-refractivity contribution in [3.05, 3.63) is 83.3 Å². The fraction of sp³-hybridized carbons (Fsp3) is 0.148. The predicted octanol–water partition coefficient (Wildman–Crippen LogP) is 5.18. The molecule has 1 heterocycles. The Kier molecular flexibility index (Phi) is 7.92. The number of nitrogens with one attached hydrogen (secondary N) is 1. The van der Waals surface area contributed by atoms with E-state index in [1.807, 2.05) is 55.4 Å². The van der Waals surface area contributed by atoms with Gasteiger partial charge in [-0.2, -0.15) is 0 Å². The summed E-state index contributed by atoms with van der Waals surface area (Å²) in [5.41, 5.74) is 3.15. The minimum absolute atomic E-state index is 0.161. The van der Waals surface area contributed by atoms with Crippen LogP contribution in [-0.4, -0.2) is 43.9 Å². The van der Waals surface area contributed by atoms with Gasteiger partial charge in [-0.15, -0.1) is 0 Å². The number of methoxy groups -OCH3 is 1. The number of carbonyl (C=O) groups excluding carboxylic acids is 2. The van der Waals surface area contributed by atoms with Crippen LogP contribution in [-0.2, 0) is 9.59 Å². The number of carbonyl (C=O) groups is 2. The third-order valence-corrected chi connectivity index (χ3v) is 6.60. The third kappa shape index (κ3) is 6.05. The van der Waals surface area contributed by atoms with Crippen LogP contribution >= 0.6 is 24.0 Å². The van der Waals surface area contributed by atoms with E-state index in [9.17, 15) is 9.59 Å². The first-order valence-electron chi connectivity index (χ1n) is 11.1. The second kappa shape index (κ2) is 11.3. The number of ether oxygens (including phenoxy) is 2. The third-order valence-electron chi connectivity index (χ3n) is 5.30. The number of hydrogen-bond donors (Lipinski definition) is 1. The van der Waals surface area contributed by atoms with Crippen LogP contribution in [0.25, 0.3) is 6.08 Å². The highest BCUT2D eigenvalue weighted by molar-refractivity contribution is 8.27. The van der Waals surface area contributed by atoms with E-state index in [1.165, 1.54) is 16.7 Å². The quantitative estimate of drug-likeness (QED) is 0.325. The summed E-state index contributed by atoms with van der Waals surface area (Å²) in [6.45, 7) is -0.161. The van der Waals surface area contributed by atoms with Gasteiger partial charge in [0.15, 0.2) is 10.9 Å². The highest BCUT2D eigenvalue weighted by Gasteiger charge is 2.33. The van der Waals surface area contributed by atoms with Crippen molar-refractivity contribution in [2.75, 3.05) is 42.9 Å². The smallest absolute Gasteiger partial charge is 0.270 e. The van der Waals surface area contributed by atoms with E-state index < -0.39 is 0 Å². The Morgan fingerprint density at radius 2 is 1.78 bits per heavy atom. The Balaban J connectivity index is 1.41. The molecule has 4 rings (SSSR count). The second-order valence-electron chi connectivity index (χ2n) is 8.07. The van der Waals surface area contributed by atoms with Crippen LogP contribution in [0.1, 0.15) is 5.56 Å². The lowest BCUT2D eigenvalue weighted by Crippen LogP contribution is -2.27. The summed E-state index contributed by atoms with van der Waals surface area (Å²) in [5.74, 6) is 0.693. The summed E-state index contributed by atoms with van der Waals surface area (Å²) in [4.78, 5) is 29.4. The van der Waals surface area contributed by atoms with E-state index in [0.29, 0.717) is 26.4 Å². The van der Waals surface area contributed by atoms with E-state index in [0.717, 1.165) is 16.9 Å². The van der Waals surface area contributed by atoms with Crippen molar-refractivity contribution in [2.24, 2.45) is 0 Å². The molecule has 0 atom stereocenters. The molecule has 0 bridgehead atoms. The lowest BCUT2D eigenvalue weighted by molar-refractivity contribution is -0.118. The first-order chi connectivity index (χ1) is 17.3. The molecule has 1 fully saturated rings. The van der Waals surface area contributed by atoms with Gasteiger partial charge in [-0.3, -0.25) is 14.5 Å². The van der Waals surface area contributed by atoms with E-state index >= 15 is 0 Å². The van der Waals surface area contributed by atoms with Gasteiger partial charge in [-0.1, -0.05) is 42.2 Å². The van der Waals surface area contributed by atoms with Gasteiger partial charge in [0.05, 0.1) is 17.7 Å². The van der Waals surface area contributed by atoms with E-state index in [-0.39, 0.29) is 18.4 Å².